The van der Waals surface area contributed by atoms with Crippen molar-refractivity contribution in [3.8, 4) is 16.9 Å². The molecular weight excluding hydrogens is 461 g/mol. The minimum atomic E-state index is -4.77. The molecule has 3 aromatic rings. The second-order valence-electron chi connectivity index (χ2n) is 8.36. The molecule has 8 nitrogen and oxygen atoms in total. The van der Waals surface area contributed by atoms with E-state index in [1.807, 2.05) is 13.1 Å². The van der Waals surface area contributed by atoms with Crippen molar-refractivity contribution in [3.05, 3.63) is 64.7 Å². The minimum Gasteiger partial charge on any atom is -0.497 e. The van der Waals surface area contributed by atoms with Gasteiger partial charge in [-0.2, -0.15) is 18.3 Å². The largest absolute Gasteiger partial charge is 0.497 e. The van der Waals surface area contributed by atoms with E-state index < -0.39 is 12.0 Å². The fraction of sp³-hybridized carbons (Fsp3) is 0.333. The maximum absolute atomic E-state index is 13.5. The number of alkyl halides is 3. The van der Waals surface area contributed by atoms with Gasteiger partial charge in [0.1, 0.15) is 5.75 Å². The molecule has 1 aromatic carbocycles. The first-order valence-electron chi connectivity index (χ1n) is 10.9. The van der Waals surface area contributed by atoms with Crippen molar-refractivity contribution in [1.82, 2.24) is 25.0 Å². The maximum atomic E-state index is 13.5. The van der Waals surface area contributed by atoms with Crippen molar-refractivity contribution >= 4 is 11.7 Å². The van der Waals surface area contributed by atoms with Crippen molar-refractivity contribution < 1.29 is 22.7 Å². The van der Waals surface area contributed by atoms with E-state index in [1.165, 1.54) is 0 Å². The normalized spacial score (nSPS) is 13.5. The number of hydrogen-bond donors (Lipinski definition) is 2. The number of carbonyl (C=O) groups excluding carboxylic acids is 1. The van der Waals surface area contributed by atoms with Gasteiger partial charge in [0, 0.05) is 49.7 Å². The summed E-state index contributed by atoms with van der Waals surface area (Å²) in [6.07, 6.45) is -0.760. The number of ether oxygens (including phenoxy) is 1. The molecule has 0 spiro atoms. The molecule has 0 radical (unpaired) electrons. The van der Waals surface area contributed by atoms with Crippen LogP contribution in [0.2, 0.25) is 0 Å². The van der Waals surface area contributed by atoms with E-state index in [4.69, 9.17) is 10.1 Å². The molecule has 184 valence electrons. The number of rotatable bonds is 6. The van der Waals surface area contributed by atoms with Gasteiger partial charge in [-0.25, -0.2) is 0 Å². The van der Waals surface area contributed by atoms with Crippen molar-refractivity contribution in [2.24, 2.45) is 7.05 Å². The molecule has 0 saturated heterocycles. The number of benzene rings is 1. The SMILES string of the molecule is COc1ccnc(CN2CCc3c(cc(CNC(=N)C(F)(F)F)cc3-c3cn(C)nc3C)C2=O)c1. The van der Waals surface area contributed by atoms with Crippen LogP contribution in [0.25, 0.3) is 11.1 Å². The molecule has 1 amide bonds. The fourth-order valence-electron chi connectivity index (χ4n) is 4.22. The summed E-state index contributed by atoms with van der Waals surface area (Å²) in [7, 11) is 3.34. The molecule has 0 unspecified atom stereocenters. The zero-order valence-electron chi connectivity index (χ0n) is 19.5. The average Bonchev–Trinajstić information content (AvgIpc) is 3.16. The van der Waals surface area contributed by atoms with Gasteiger partial charge in [-0.1, -0.05) is 0 Å². The first-order valence-corrected chi connectivity index (χ1v) is 10.9. The summed E-state index contributed by atoms with van der Waals surface area (Å²) in [5.74, 6) is -1.13. The molecule has 1 aliphatic heterocycles. The highest BCUT2D eigenvalue weighted by Crippen LogP contribution is 2.34. The van der Waals surface area contributed by atoms with E-state index in [1.54, 1.807) is 54.2 Å². The van der Waals surface area contributed by atoms with Gasteiger partial charge in [-0.15, -0.1) is 0 Å². The van der Waals surface area contributed by atoms with E-state index in [-0.39, 0.29) is 19.0 Å². The fourth-order valence-corrected chi connectivity index (χ4v) is 4.22. The second kappa shape index (κ2) is 9.40. The van der Waals surface area contributed by atoms with Crippen LogP contribution in [0.3, 0.4) is 0 Å². The molecular formula is C24H25F3N6O2. The highest BCUT2D eigenvalue weighted by molar-refractivity contribution is 5.99. The number of carbonyl (C=O) groups is 1. The lowest BCUT2D eigenvalue weighted by Crippen LogP contribution is -2.38. The van der Waals surface area contributed by atoms with Gasteiger partial charge in [0.2, 0.25) is 5.84 Å². The first kappa shape index (κ1) is 24.2. The van der Waals surface area contributed by atoms with Gasteiger partial charge in [-0.3, -0.25) is 19.9 Å². The van der Waals surface area contributed by atoms with Crippen LogP contribution < -0.4 is 10.1 Å². The van der Waals surface area contributed by atoms with Gasteiger partial charge < -0.3 is 15.0 Å². The highest BCUT2D eigenvalue weighted by Gasteiger charge is 2.34. The third-order valence-corrected chi connectivity index (χ3v) is 5.89. The number of methoxy groups -OCH3 is 1. The number of hydrogen-bond acceptors (Lipinski definition) is 5. The van der Waals surface area contributed by atoms with Crippen LogP contribution in [-0.4, -0.2) is 51.2 Å². The number of halogens is 3. The van der Waals surface area contributed by atoms with E-state index >= 15 is 0 Å². The van der Waals surface area contributed by atoms with Crippen LogP contribution in [0, 0.1) is 12.3 Å². The first-order chi connectivity index (χ1) is 16.6. The lowest BCUT2D eigenvalue weighted by atomic mass is 9.88. The summed E-state index contributed by atoms with van der Waals surface area (Å²) >= 11 is 0. The van der Waals surface area contributed by atoms with Crippen molar-refractivity contribution in [3.63, 3.8) is 0 Å². The molecule has 11 heteroatoms. The molecule has 0 atom stereocenters. The van der Waals surface area contributed by atoms with Crippen LogP contribution in [0.1, 0.15) is 32.9 Å². The van der Waals surface area contributed by atoms with Gasteiger partial charge in [0.05, 0.1) is 25.0 Å². The van der Waals surface area contributed by atoms with Crippen LogP contribution in [0.15, 0.2) is 36.7 Å². The van der Waals surface area contributed by atoms with Gasteiger partial charge in [-0.05, 0) is 48.2 Å². The van der Waals surface area contributed by atoms with Gasteiger partial charge in [0.25, 0.3) is 5.91 Å². The zero-order valence-corrected chi connectivity index (χ0v) is 19.5. The third-order valence-electron chi connectivity index (χ3n) is 5.89. The Kier molecular flexibility index (Phi) is 6.51. The van der Waals surface area contributed by atoms with Gasteiger partial charge in [0.15, 0.2) is 0 Å². The number of nitrogens with zero attached hydrogens (tertiary/aromatic N) is 4. The Hall–Kier alpha value is -3.89. The predicted octanol–water partition coefficient (Wildman–Crippen LogP) is 3.63. The number of nitrogens with one attached hydrogen (secondary N) is 2. The van der Waals surface area contributed by atoms with Crippen LogP contribution in [-0.2, 0) is 26.6 Å². The van der Waals surface area contributed by atoms with Crippen molar-refractivity contribution in [2.75, 3.05) is 13.7 Å². The summed E-state index contributed by atoms with van der Waals surface area (Å²) in [4.78, 5) is 19.5. The van der Waals surface area contributed by atoms with Crippen LogP contribution in [0.4, 0.5) is 13.2 Å². The van der Waals surface area contributed by atoms with Crippen molar-refractivity contribution in [2.45, 2.75) is 32.6 Å². The number of amidine groups is 1. The van der Waals surface area contributed by atoms with E-state index in [2.05, 4.69) is 15.4 Å². The lowest BCUT2D eigenvalue weighted by molar-refractivity contribution is -0.0627. The molecule has 2 aromatic heterocycles. The quantitative estimate of drug-likeness (QED) is 0.410. The summed E-state index contributed by atoms with van der Waals surface area (Å²) in [5, 5.41) is 13.7. The standard InChI is InChI=1S/C24H25F3N6O2/c1-14-21(13-32(2)31-14)19-8-15(11-30-23(28)24(25,26)27)9-20-18(19)5-7-33(22(20)34)12-16-10-17(35-3)4-6-29-16/h4,6,8-10,13H,5,7,11-12H2,1-3H3,(H2,28,30). The topological polar surface area (TPSA) is 96.1 Å². The Labute approximate surface area is 200 Å². The molecule has 1 aliphatic rings. The monoisotopic (exact) mass is 486 g/mol. The number of aryl methyl sites for hydroxylation is 2. The molecule has 3 heterocycles. The van der Waals surface area contributed by atoms with Gasteiger partial charge >= 0.3 is 6.18 Å². The van der Waals surface area contributed by atoms with E-state index in [9.17, 15) is 18.0 Å². The predicted molar refractivity (Wildman–Crippen MR) is 123 cm³/mol. The highest BCUT2D eigenvalue weighted by atomic mass is 19.4. The summed E-state index contributed by atoms with van der Waals surface area (Å²) in [6.45, 7) is 2.34. The number of pyridine rings is 1. The van der Waals surface area contributed by atoms with E-state index in [0.29, 0.717) is 35.5 Å². The third kappa shape index (κ3) is 5.13. The molecule has 2 N–H and O–H groups in total. The lowest BCUT2D eigenvalue weighted by Gasteiger charge is -2.30. The minimum absolute atomic E-state index is 0.230. The molecule has 0 saturated carbocycles. The molecule has 0 aliphatic carbocycles. The van der Waals surface area contributed by atoms with Crippen LogP contribution in [0.5, 0.6) is 5.75 Å². The molecule has 0 fully saturated rings. The Morgan fingerprint density at radius 2 is 1.97 bits per heavy atom. The number of aromatic nitrogens is 3. The Balaban J connectivity index is 1.70. The average molecular weight is 486 g/mol. The number of amides is 1. The number of fused-ring (bicyclic) bond motifs is 1. The Bertz CT molecular complexity index is 1280. The molecule has 35 heavy (non-hydrogen) atoms. The smallest absolute Gasteiger partial charge is 0.448 e. The summed E-state index contributed by atoms with van der Waals surface area (Å²) < 4.78 is 45.4. The second-order valence-corrected chi connectivity index (χ2v) is 8.36. The van der Waals surface area contributed by atoms with Crippen LogP contribution >= 0.6 is 0 Å². The van der Waals surface area contributed by atoms with E-state index in [0.717, 1.165) is 22.4 Å². The summed E-state index contributed by atoms with van der Waals surface area (Å²) in [6, 6.07) is 6.86. The maximum Gasteiger partial charge on any atom is 0.448 e. The Morgan fingerprint density at radius 1 is 1.23 bits per heavy atom. The molecule has 4 rings (SSSR count). The summed E-state index contributed by atoms with van der Waals surface area (Å²) in [5.41, 5.74) is 4.71. The van der Waals surface area contributed by atoms with Crippen molar-refractivity contribution in [1.29, 1.82) is 5.41 Å². The zero-order chi connectivity index (χ0) is 25.3. The molecule has 0 bridgehead atoms. The Morgan fingerprint density at radius 3 is 2.63 bits per heavy atom.